The molecule has 0 atom stereocenters. The molecule has 0 unspecified atom stereocenters. The highest BCUT2D eigenvalue weighted by atomic mass is 32.2. The minimum Gasteiger partial charge on any atom is -0.268 e. The summed E-state index contributed by atoms with van der Waals surface area (Å²) in [5, 5.41) is 18.6. The zero-order chi connectivity index (χ0) is 18.3. The fraction of sp³-hybridized carbons (Fsp3) is 0.158. The maximum Gasteiger partial charge on any atom is 0.267 e. The summed E-state index contributed by atoms with van der Waals surface area (Å²) >= 11 is 1.30. The lowest BCUT2D eigenvalue weighted by molar-refractivity contribution is 0.929. The van der Waals surface area contributed by atoms with Crippen LogP contribution >= 0.6 is 11.8 Å². The first kappa shape index (κ1) is 16.4. The molecule has 0 aliphatic heterocycles. The summed E-state index contributed by atoms with van der Waals surface area (Å²) in [5.41, 5.74) is 3.42. The molecule has 0 N–H and O–H groups in total. The molecule has 0 aliphatic rings. The second-order valence-corrected chi connectivity index (χ2v) is 6.95. The molecule has 0 saturated carbocycles. The maximum atomic E-state index is 13.3. The fourth-order valence-electron chi connectivity index (χ4n) is 3.05. The molecule has 0 aliphatic carbocycles. The van der Waals surface area contributed by atoms with Gasteiger partial charge in [0.1, 0.15) is 0 Å². The summed E-state index contributed by atoms with van der Waals surface area (Å²) in [6, 6.07) is 15.5. The lowest BCUT2D eigenvalue weighted by atomic mass is 10.1. The van der Waals surface area contributed by atoms with Gasteiger partial charge in [-0.3, -0.25) is 9.20 Å². The Balaban J connectivity index is 2.18. The molecular formula is C19H15N5OS. The Labute approximate surface area is 153 Å². The third kappa shape index (κ3) is 2.47. The zero-order valence-corrected chi connectivity index (χ0v) is 15.1. The summed E-state index contributed by atoms with van der Waals surface area (Å²) < 4.78 is 3.45. The molecule has 0 saturated heterocycles. The number of fused-ring (bicyclic) bond motifs is 3. The molecule has 4 aromatic rings. The first-order valence-corrected chi connectivity index (χ1v) is 9.06. The van der Waals surface area contributed by atoms with E-state index in [9.17, 15) is 4.79 Å². The SMILES string of the molecule is Cc1ccc(C)c(-n2c(=O)c3ccccc3n3c(SCC#N)nnc23)c1. The average Bonchev–Trinajstić information content (AvgIpc) is 3.06. The first-order valence-electron chi connectivity index (χ1n) is 8.08. The van der Waals surface area contributed by atoms with E-state index in [4.69, 9.17) is 5.26 Å². The van der Waals surface area contributed by atoms with E-state index in [0.717, 1.165) is 22.3 Å². The number of nitrogens with zero attached hydrogens (tertiary/aromatic N) is 5. The summed E-state index contributed by atoms with van der Waals surface area (Å²) in [7, 11) is 0. The molecule has 0 spiro atoms. The Morgan fingerprint density at radius 2 is 1.96 bits per heavy atom. The van der Waals surface area contributed by atoms with Crippen molar-refractivity contribution >= 4 is 28.4 Å². The third-order valence-electron chi connectivity index (χ3n) is 4.27. The van der Waals surface area contributed by atoms with Crippen molar-refractivity contribution in [3.05, 3.63) is 63.9 Å². The number of nitriles is 1. The van der Waals surface area contributed by atoms with Gasteiger partial charge in [-0.15, -0.1) is 10.2 Å². The summed E-state index contributed by atoms with van der Waals surface area (Å²) in [5.74, 6) is 0.709. The number of hydrogen-bond acceptors (Lipinski definition) is 5. The first-order chi connectivity index (χ1) is 12.6. The van der Waals surface area contributed by atoms with Crippen LogP contribution in [0.25, 0.3) is 22.4 Å². The van der Waals surface area contributed by atoms with Crippen molar-refractivity contribution < 1.29 is 0 Å². The lowest BCUT2D eigenvalue weighted by Gasteiger charge is -2.13. The Bertz CT molecular complexity index is 1250. The smallest absolute Gasteiger partial charge is 0.267 e. The van der Waals surface area contributed by atoms with Crippen LogP contribution in [0.3, 0.4) is 0 Å². The Morgan fingerprint density at radius 1 is 1.15 bits per heavy atom. The number of thioether (sulfide) groups is 1. The van der Waals surface area contributed by atoms with E-state index in [1.54, 1.807) is 10.6 Å². The largest absolute Gasteiger partial charge is 0.268 e. The van der Waals surface area contributed by atoms with Crippen LogP contribution in [-0.4, -0.2) is 24.9 Å². The highest BCUT2D eigenvalue weighted by Gasteiger charge is 2.18. The molecular weight excluding hydrogens is 346 g/mol. The molecule has 6 nitrogen and oxygen atoms in total. The highest BCUT2D eigenvalue weighted by Crippen LogP contribution is 2.24. The quantitative estimate of drug-likeness (QED) is 0.524. The second kappa shape index (κ2) is 6.32. The van der Waals surface area contributed by atoms with Gasteiger partial charge in [0.25, 0.3) is 5.56 Å². The molecule has 2 aromatic carbocycles. The summed E-state index contributed by atoms with van der Waals surface area (Å²) in [6.45, 7) is 3.96. The second-order valence-electron chi connectivity index (χ2n) is 6.01. The predicted molar refractivity (Wildman–Crippen MR) is 102 cm³/mol. The van der Waals surface area contributed by atoms with Gasteiger partial charge < -0.3 is 0 Å². The lowest BCUT2D eigenvalue weighted by Crippen LogP contribution is -2.22. The summed E-state index contributed by atoms with van der Waals surface area (Å²) in [6.07, 6.45) is 0. The van der Waals surface area contributed by atoms with E-state index in [1.807, 2.05) is 54.6 Å². The molecule has 0 fully saturated rings. The number of rotatable bonds is 3. The highest BCUT2D eigenvalue weighted by molar-refractivity contribution is 7.99. The van der Waals surface area contributed by atoms with Gasteiger partial charge in [0.2, 0.25) is 5.78 Å². The van der Waals surface area contributed by atoms with Crippen LogP contribution in [0, 0.1) is 25.2 Å². The Kier molecular flexibility index (Phi) is 3.98. The van der Waals surface area contributed by atoms with Gasteiger partial charge in [-0.1, -0.05) is 36.0 Å². The van der Waals surface area contributed by atoms with Gasteiger partial charge in [0, 0.05) is 0 Å². The number of aryl methyl sites for hydroxylation is 2. The van der Waals surface area contributed by atoms with E-state index in [1.165, 1.54) is 11.8 Å². The molecule has 7 heteroatoms. The van der Waals surface area contributed by atoms with E-state index in [2.05, 4.69) is 16.3 Å². The third-order valence-corrected chi connectivity index (χ3v) is 5.06. The molecule has 2 aromatic heterocycles. The fourth-order valence-corrected chi connectivity index (χ4v) is 3.65. The standard InChI is InChI=1S/C19H15N5OS/c1-12-7-8-13(2)16(11-12)23-17(25)14-5-3-4-6-15(14)24-18(23)21-22-19(24)26-10-9-20/h3-8,11H,10H2,1-2H3. The monoisotopic (exact) mass is 361 g/mol. The van der Waals surface area contributed by atoms with Crippen molar-refractivity contribution in [1.82, 2.24) is 19.2 Å². The van der Waals surface area contributed by atoms with Crippen LogP contribution in [0.2, 0.25) is 0 Å². The molecule has 26 heavy (non-hydrogen) atoms. The van der Waals surface area contributed by atoms with Gasteiger partial charge in [0.15, 0.2) is 5.16 Å². The van der Waals surface area contributed by atoms with E-state index in [-0.39, 0.29) is 11.3 Å². The van der Waals surface area contributed by atoms with Crippen molar-refractivity contribution in [2.75, 3.05) is 5.75 Å². The normalized spacial score (nSPS) is 11.1. The molecule has 2 heterocycles. The molecule has 0 radical (unpaired) electrons. The van der Waals surface area contributed by atoms with Crippen molar-refractivity contribution in [1.29, 1.82) is 5.26 Å². The van der Waals surface area contributed by atoms with Crippen LogP contribution in [0.4, 0.5) is 0 Å². The van der Waals surface area contributed by atoms with E-state index in [0.29, 0.717) is 16.3 Å². The topological polar surface area (TPSA) is 76.0 Å². The van der Waals surface area contributed by atoms with Crippen LogP contribution in [-0.2, 0) is 0 Å². The minimum absolute atomic E-state index is 0.133. The van der Waals surface area contributed by atoms with E-state index >= 15 is 0 Å². The number of hydrogen-bond donors (Lipinski definition) is 0. The van der Waals surface area contributed by atoms with Crippen molar-refractivity contribution in [3.8, 4) is 11.8 Å². The minimum atomic E-state index is -0.133. The van der Waals surface area contributed by atoms with Crippen molar-refractivity contribution in [3.63, 3.8) is 0 Å². The Hall–Kier alpha value is -3.11. The molecule has 4 rings (SSSR count). The van der Waals surface area contributed by atoms with Gasteiger partial charge in [-0.05, 0) is 43.2 Å². The number of benzene rings is 2. The zero-order valence-electron chi connectivity index (χ0n) is 14.3. The number of para-hydroxylation sites is 1. The van der Waals surface area contributed by atoms with Gasteiger partial charge in [-0.25, -0.2) is 4.57 Å². The van der Waals surface area contributed by atoms with Crippen LogP contribution in [0.1, 0.15) is 11.1 Å². The average molecular weight is 361 g/mol. The van der Waals surface area contributed by atoms with Gasteiger partial charge >= 0.3 is 0 Å². The maximum absolute atomic E-state index is 13.3. The van der Waals surface area contributed by atoms with Gasteiger partial charge in [0.05, 0.1) is 28.4 Å². The summed E-state index contributed by atoms with van der Waals surface area (Å²) in [4.78, 5) is 13.3. The van der Waals surface area contributed by atoms with Crippen LogP contribution in [0.15, 0.2) is 52.4 Å². The van der Waals surface area contributed by atoms with E-state index < -0.39 is 0 Å². The molecule has 0 amide bonds. The predicted octanol–water partition coefficient (Wildman–Crippen LogP) is 3.27. The molecule has 128 valence electrons. The van der Waals surface area contributed by atoms with Crippen molar-refractivity contribution in [2.45, 2.75) is 19.0 Å². The van der Waals surface area contributed by atoms with Crippen LogP contribution < -0.4 is 5.56 Å². The number of aromatic nitrogens is 4. The van der Waals surface area contributed by atoms with Crippen molar-refractivity contribution in [2.24, 2.45) is 0 Å². The van der Waals surface area contributed by atoms with Crippen LogP contribution in [0.5, 0.6) is 0 Å². The van der Waals surface area contributed by atoms with Gasteiger partial charge in [-0.2, -0.15) is 5.26 Å². The molecule has 0 bridgehead atoms. The Morgan fingerprint density at radius 3 is 2.77 bits per heavy atom.